The fourth-order valence-electron chi connectivity index (χ4n) is 3.47. The maximum Gasteiger partial charge on any atom is 0.0197 e. The summed E-state index contributed by atoms with van der Waals surface area (Å²) >= 11 is 2.14. The van der Waals surface area contributed by atoms with E-state index >= 15 is 0 Å². The molecular weight excluding hydrogens is 192 g/mol. The van der Waals surface area contributed by atoms with E-state index in [0.29, 0.717) is 0 Å². The lowest BCUT2D eigenvalue weighted by molar-refractivity contribution is 0.185. The third kappa shape index (κ3) is 1.41. The first-order chi connectivity index (χ1) is 6.86. The second kappa shape index (κ2) is 3.69. The molecule has 0 radical (unpaired) electrons. The van der Waals surface area contributed by atoms with E-state index in [-0.39, 0.29) is 0 Å². The Balaban J connectivity index is 1.70. The van der Waals surface area contributed by atoms with Crippen LogP contribution in [0.1, 0.15) is 13.3 Å². The highest BCUT2D eigenvalue weighted by Crippen LogP contribution is 2.36. The molecule has 0 spiro atoms. The molecule has 0 amide bonds. The van der Waals surface area contributed by atoms with Gasteiger partial charge in [0.1, 0.15) is 0 Å². The molecule has 0 bridgehead atoms. The van der Waals surface area contributed by atoms with Crippen molar-refractivity contribution in [1.29, 1.82) is 0 Å². The van der Waals surface area contributed by atoms with Gasteiger partial charge in [0.2, 0.25) is 0 Å². The van der Waals surface area contributed by atoms with E-state index < -0.39 is 0 Å². The number of hydrogen-bond acceptors (Lipinski definition) is 3. The highest BCUT2D eigenvalue weighted by Gasteiger charge is 2.44. The lowest BCUT2D eigenvalue weighted by Gasteiger charge is -2.29. The van der Waals surface area contributed by atoms with E-state index in [0.717, 1.165) is 23.9 Å². The van der Waals surface area contributed by atoms with E-state index in [2.05, 4.69) is 28.9 Å². The smallest absolute Gasteiger partial charge is 0.0197 e. The molecule has 0 aromatic heterocycles. The molecule has 0 aromatic carbocycles. The summed E-state index contributed by atoms with van der Waals surface area (Å²) in [4.78, 5) is 2.80. The molecule has 4 unspecified atom stereocenters. The lowest BCUT2D eigenvalue weighted by atomic mass is 9.95. The summed E-state index contributed by atoms with van der Waals surface area (Å²) in [6.07, 6.45) is 1.43. The van der Waals surface area contributed by atoms with Crippen LogP contribution in [0.25, 0.3) is 0 Å². The Hall–Kier alpha value is 0.270. The van der Waals surface area contributed by atoms with Gasteiger partial charge in [0.25, 0.3) is 0 Å². The van der Waals surface area contributed by atoms with Gasteiger partial charge in [0.15, 0.2) is 0 Å². The second-order valence-electron chi connectivity index (χ2n) is 5.04. The van der Waals surface area contributed by atoms with E-state index in [1.807, 2.05) is 0 Å². The molecule has 1 N–H and O–H groups in total. The van der Waals surface area contributed by atoms with Gasteiger partial charge < -0.3 is 5.32 Å². The van der Waals surface area contributed by atoms with Crippen LogP contribution in [0.15, 0.2) is 0 Å². The first kappa shape index (κ1) is 9.49. The molecule has 0 aromatic rings. The van der Waals surface area contributed by atoms with Gasteiger partial charge in [-0.1, -0.05) is 0 Å². The van der Waals surface area contributed by atoms with Crippen molar-refractivity contribution in [2.45, 2.75) is 25.4 Å². The molecular formula is C11H20N2S. The van der Waals surface area contributed by atoms with Crippen molar-refractivity contribution in [1.82, 2.24) is 10.2 Å². The van der Waals surface area contributed by atoms with E-state index in [1.165, 1.54) is 37.6 Å². The van der Waals surface area contributed by atoms with Gasteiger partial charge in [-0.25, -0.2) is 0 Å². The molecule has 3 aliphatic heterocycles. The van der Waals surface area contributed by atoms with Crippen molar-refractivity contribution in [2.75, 3.05) is 31.1 Å². The summed E-state index contributed by atoms with van der Waals surface area (Å²) in [6, 6.07) is 1.74. The zero-order valence-corrected chi connectivity index (χ0v) is 9.72. The molecule has 3 aliphatic rings. The molecule has 0 aliphatic carbocycles. The van der Waals surface area contributed by atoms with Gasteiger partial charge in [-0.15, -0.1) is 0 Å². The van der Waals surface area contributed by atoms with Gasteiger partial charge in [-0.2, -0.15) is 11.8 Å². The van der Waals surface area contributed by atoms with Gasteiger partial charge >= 0.3 is 0 Å². The summed E-state index contributed by atoms with van der Waals surface area (Å²) in [7, 11) is 0. The molecule has 3 heteroatoms. The molecule has 3 heterocycles. The third-order valence-electron chi connectivity index (χ3n) is 4.35. The molecule has 4 atom stereocenters. The number of rotatable bonds is 1. The second-order valence-corrected chi connectivity index (χ2v) is 6.19. The molecule has 80 valence electrons. The summed E-state index contributed by atoms with van der Waals surface area (Å²) in [6.45, 7) is 6.35. The van der Waals surface area contributed by atoms with Gasteiger partial charge in [0.05, 0.1) is 0 Å². The number of likely N-dealkylation sites (tertiary alicyclic amines) is 1. The van der Waals surface area contributed by atoms with Crippen molar-refractivity contribution >= 4 is 11.8 Å². The van der Waals surface area contributed by atoms with Crippen molar-refractivity contribution in [3.8, 4) is 0 Å². The maximum absolute atomic E-state index is 3.53. The molecule has 3 fully saturated rings. The first-order valence-corrected chi connectivity index (χ1v) is 7.06. The average molecular weight is 212 g/mol. The predicted molar refractivity (Wildman–Crippen MR) is 61.7 cm³/mol. The number of nitrogens with one attached hydrogen (secondary N) is 1. The molecule has 0 saturated carbocycles. The van der Waals surface area contributed by atoms with Crippen LogP contribution in [-0.2, 0) is 0 Å². The van der Waals surface area contributed by atoms with Crippen LogP contribution in [0.2, 0.25) is 0 Å². The third-order valence-corrected chi connectivity index (χ3v) is 5.50. The highest BCUT2D eigenvalue weighted by atomic mass is 32.2. The van der Waals surface area contributed by atoms with E-state index in [1.54, 1.807) is 0 Å². The van der Waals surface area contributed by atoms with Crippen molar-refractivity contribution < 1.29 is 0 Å². The zero-order valence-electron chi connectivity index (χ0n) is 8.91. The van der Waals surface area contributed by atoms with E-state index in [4.69, 9.17) is 0 Å². The van der Waals surface area contributed by atoms with Crippen LogP contribution < -0.4 is 5.32 Å². The lowest BCUT2D eigenvalue weighted by Crippen LogP contribution is -2.41. The van der Waals surface area contributed by atoms with Gasteiger partial charge in [-0.3, -0.25) is 4.90 Å². The Kier molecular flexibility index (Phi) is 2.50. The summed E-state index contributed by atoms with van der Waals surface area (Å²) in [5, 5.41) is 3.53. The molecule has 14 heavy (non-hydrogen) atoms. The largest absolute Gasteiger partial charge is 0.316 e. The minimum absolute atomic E-state index is 0.832. The van der Waals surface area contributed by atoms with Gasteiger partial charge in [0, 0.05) is 24.4 Å². The Labute approximate surface area is 90.8 Å². The quantitative estimate of drug-likeness (QED) is 0.699. The summed E-state index contributed by atoms with van der Waals surface area (Å²) in [5.41, 5.74) is 0. The Morgan fingerprint density at radius 1 is 1.36 bits per heavy atom. The number of thioether (sulfide) groups is 1. The fourth-order valence-corrected chi connectivity index (χ4v) is 4.70. The molecule has 3 saturated heterocycles. The summed E-state index contributed by atoms with van der Waals surface area (Å²) in [5.74, 6) is 4.68. The minimum Gasteiger partial charge on any atom is -0.316 e. The van der Waals surface area contributed by atoms with Crippen LogP contribution in [0.4, 0.5) is 0 Å². The van der Waals surface area contributed by atoms with E-state index in [9.17, 15) is 0 Å². The zero-order chi connectivity index (χ0) is 9.54. The maximum atomic E-state index is 3.53. The van der Waals surface area contributed by atoms with Crippen LogP contribution in [0.5, 0.6) is 0 Å². The minimum atomic E-state index is 0.832. The predicted octanol–water partition coefficient (Wildman–Crippen LogP) is 1.03. The van der Waals surface area contributed by atoms with Gasteiger partial charge in [-0.05, 0) is 44.0 Å². The number of hydrogen-bond donors (Lipinski definition) is 1. The fraction of sp³-hybridized carbons (Fsp3) is 1.00. The Morgan fingerprint density at radius 3 is 3.00 bits per heavy atom. The Bertz CT molecular complexity index is 215. The van der Waals surface area contributed by atoms with Crippen molar-refractivity contribution in [2.24, 2.45) is 11.8 Å². The Morgan fingerprint density at radius 2 is 2.29 bits per heavy atom. The van der Waals surface area contributed by atoms with Crippen molar-refractivity contribution in [3.05, 3.63) is 0 Å². The number of nitrogens with zero attached hydrogens (tertiary/aromatic N) is 1. The topological polar surface area (TPSA) is 15.3 Å². The monoisotopic (exact) mass is 212 g/mol. The van der Waals surface area contributed by atoms with Crippen LogP contribution in [0, 0.1) is 11.8 Å². The average Bonchev–Trinajstić information content (AvgIpc) is 2.84. The normalized spacial score (nSPS) is 48.6. The standard InChI is InChI=1S/C11H20N2S/c1-8-11-5-12-4-9(11)6-13(8)10-2-3-14-7-10/h8-12H,2-7H2,1H3. The SMILES string of the molecule is CC1C2CNCC2CN1C1CCSC1. The summed E-state index contributed by atoms with van der Waals surface area (Å²) < 4.78 is 0. The van der Waals surface area contributed by atoms with Crippen LogP contribution >= 0.6 is 11.8 Å². The van der Waals surface area contributed by atoms with Crippen molar-refractivity contribution in [3.63, 3.8) is 0 Å². The molecule has 3 rings (SSSR count). The highest BCUT2D eigenvalue weighted by molar-refractivity contribution is 7.99. The number of fused-ring (bicyclic) bond motifs is 1. The van der Waals surface area contributed by atoms with Crippen LogP contribution in [-0.4, -0.2) is 48.1 Å². The first-order valence-electron chi connectivity index (χ1n) is 5.90. The molecule has 2 nitrogen and oxygen atoms in total. The van der Waals surface area contributed by atoms with Crippen LogP contribution in [0.3, 0.4) is 0 Å².